The van der Waals surface area contributed by atoms with Crippen LogP contribution in [0.5, 0.6) is 0 Å². The number of carbonyl (C=O) groups excluding carboxylic acids is 1. The molecule has 146 valence electrons. The van der Waals surface area contributed by atoms with Crippen molar-refractivity contribution in [2.75, 3.05) is 26.3 Å². The predicted octanol–water partition coefficient (Wildman–Crippen LogP) is 2.41. The molecule has 1 amide bonds. The highest BCUT2D eigenvalue weighted by atomic mass is 16.5. The summed E-state index contributed by atoms with van der Waals surface area (Å²) in [7, 11) is 0. The van der Waals surface area contributed by atoms with Crippen LogP contribution in [0.2, 0.25) is 0 Å². The Kier molecular flexibility index (Phi) is 4.62. The van der Waals surface area contributed by atoms with Crippen LogP contribution in [0.25, 0.3) is 22.5 Å². The third-order valence-electron chi connectivity index (χ3n) is 5.41. The molecule has 0 radical (unpaired) electrons. The van der Waals surface area contributed by atoms with Crippen molar-refractivity contribution in [1.29, 1.82) is 0 Å². The number of pyridine rings is 1. The maximum absolute atomic E-state index is 12.6. The van der Waals surface area contributed by atoms with Gasteiger partial charge in [-0.1, -0.05) is 0 Å². The van der Waals surface area contributed by atoms with E-state index in [0.717, 1.165) is 73.7 Å². The summed E-state index contributed by atoms with van der Waals surface area (Å²) in [4.78, 5) is 19.6. The van der Waals surface area contributed by atoms with E-state index < -0.39 is 0 Å². The second-order valence-electron chi connectivity index (χ2n) is 7.50. The molecule has 2 aliphatic rings. The molecule has 0 spiro atoms. The number of furan rings is 1. The van der Waals surface area contributed by atoms with E-state index in [4.69, 9.17) is 9.15 Å². The molecule has 0 atom stereocenters. The van der Waals surface area contributed by atoms with Crippen LogP contribution in [0, 0.1) is 0 Å². The number of carbonyl (C=O) groups is 1. The zero-order valence-electron chi connectivity index (χ0n) is 15.8. The number of hydrogen-bond donors (Lipinski definition) is 1. The van der Waals surface area contributed by atoms with E-state index in [1.54, 1.807) is 12.5 Å². The maximum Gasteiger partial charge on any atom is 0.240 e. The van der Waals surface area contributed by atoms with Gasteiger partial charge in [-0.15, -0.1) is 0 Å². The van der Waals surface area contributed by atoms with Crippen molar-refractivity contribution in [1.82, 2.24) is 19.8 Å². The van der Waals surface area contributed by atoms with Crippen molar-refractivity contribution in [2.45, 2.75) is 32.0 Å². The third kappa shape index (κ3) is 3.43. The number of rotatable bonds is 6. The Morgan fingerprint density at radius 3 is 2.82 bits per heavy atom. The first kappa shape index (κ1) is 17.5. The lowest BCUT2D eigenvalue weighted by atomic mass is 10.1. The number of aromatic nitrogens is 2. The van der Waals surface area contributed by atoms with Gasteiger partial charge >= 0.3 is 0 Å². The normalized spacial score (nSPS) is 17.9. The average molecular weight is 380 g/mol. The summed E-state index contributed by atoms with van der Waals surface area (Å²) in [5.41, 5.74) is 2.92. The summed E-state index contributed by atoms with van der Waals surface area (Å²) < 4.78 is 13.3. The van der Waals surface area contributed by atoms with Gasteiger partial charge in [0.1, 0.15) is 12.2 Å². The third-order valence-corrected chi connectivity index (χ3v) is 5.41. The second-order valence-corrected chi connectivity index (χ2v) is 7.50. The van der Waals surface area contributed by atoms with Crippen molar-refractivity contribution in [2.24, 2.45) is 0 Å². The van der Waals surface area contributed by atoms with Gasteiger partial charge in [-0.2, -0.15) is 0 Å². The molecule has 1 N–H and O–H groups in total. The molecule has 1 saturated heterocycles. The van der Waals surface area contributed by atoms with Gasteiger partial charge in [0.15, 0.2) is 5.76 Å². The number of morpholine rings is 1. The van der Waals surface area contributed by atoms with Crippen LogP contribution in [0.15, 0.2) is 41.1 Å². The van der Waals surface area contributed by atoms with Crippen molar-refractivity contribution >= 4 is 16.9 Å². The monoisotopic (exact) mass is 380 g/mol. The first-order chi connectivity index (χ1) is 13.8. The van der Waals surface area contributed by atoms with Gasteiger partial charge in [0.2, 0.25) is 5.91 Å². The maximum atomic E-state index is 12.6. The van der Waals surface area contributed by atoms with Crippen LogP contribution in [0.4, 0.5) is 0 Å². The highest BCUT2D eigenvalue weighted by Crippen LogP contribution is 2.34. The number of fused-ring (bicyclic) bond motifs is 1. The minimum atomic E-state index is 0.0239. The Balaban J connectivity index is 1.59. The highest BCUT2D eigenvalue weighted by molar-refractivity contribution is 5.90. The molecule has 2 fully saturated rings. The van der Waals surface area contributed by atoms with Gasteiger partial charge in [-0.05, 0) is 37.1 Å². The van der Waals surface area contributed by atoms with Gasteiger partial charge in [-0.3, -0.25) is 9.69 Å². The minimum Gasteiger partial charge on any atom is -0.463 e. The molecular formula is C21H24N4O3. The molecule has 4 heterocycles. The largest absolute Gasteiger partial charge is 0.463 e. The SMILES string of the molecule is O=C(Cn1c(-c2ccco2)c(CN2CCOCC2)c2cccnc21)NC1CC1. The van der Waals surface area contributed by atoms with E-state index in [9.17, 15) is 4.79 Å². The molecule has 0 aromatic carbocycles. The van der Waals surface area contributed by atoms with E-state index in [1.165, 1.54) is 0 Å². The molecule has 0 unspecified atom stereocenters. The van der Waals surface area contributed by atoms with Crippen molar-refractivity contribution < 1.29 is 13.9 Å². The summed E-state index contributed by atoms with van der Waals surface area (Å²) >= 11 is 0. The summed E-state index contributed by atoms with van der Waals surface area (Å²) in [5, 5.41) is 4.15. The molecule has 3 aromatic rings. The Morgan fingerprint density at radius 2 is 2.07 bits per heavy atom. The zero-order chi connectivity index (χ0) is 18.9. The summed E-state index contributed by atoms with van der Waals surface area (Å²) in [5.74, 6) is 0.788. The summed E-state index contributed by atoms with van der Waals surface area (Å²) in [6, 6.07) is 8.20. The zero-order valence-corrected chi connectivity index (χ0v) is 15.8. The molecule has 1 saturated carbocycles. The molecule has 5 rings (SSSR count). The average Bonchev–Trinajstić information content (AvgIpc) is 3.26. The van der Waals surface area contributed by atoms with Crippen molar-refractivity contribution in [3.05, 3.63) is 42.3 Å². The van der Waals surface area contributed by atoms with Gasteiger partial charge < -0.3 is 19.0 Å². The Bertz CT molecular complexity index is 969. The Hall–Kier alpha value is -2.64. The number of ether oxygens (including phenoxy) is 1. The molecule has 7 heteroatoms. The van der Waals surface area contributed by atoms with Crippen LogP contribution in [0.3, 0.4) is 0 Å². The number of nitrogens with one attached hydrogen (secondary N) is 1. The number of hydrogen-bond acceptors (Lipinski definition) is 5. The fraction of sp³-hybridized carbons (Fsp3) is 0.429. The molecule has 28 heavy (non-hydrogen) atoms. The highest BCUT2D eigenvalue weighted by Gasteiger charge is 2.27. The first-order valence-corrected chi connectivity index (χ1v) is 9.89. The van der Waals surface area contributed by atoms with E-state index in [0.29, 0.717) is 6.04 Å². The molecule has 0 bridgehead atoms. The predicted molar refractivity (Wildman–Crippen MR) is 105 cm³/mol. The van der Waals surface area contributed by atoms with Gasteiger partial charge in [-0.25, -0.2) is 4.98 Å². The molecular weight excluding hydrogens is 356 g/mol. The Labute approximate surface area is 163 Å². The first-order valence-electron chi connectivity index (χ1n) is 9.89. The fourth-order valence-corrected chi connectivity index (χ4v) is 3.88. The quantitative estimate of drug-likeness (QED) is 0.711. The van der Waals surface area contributed by atoms with Crippen LogP contribution < -0.4 is 5.32 Å². The van der Waals surface area contributed by atoms with E-state index in [-0.39, 0.29) is 12.5 Å². The molecule has 3 aromatic heterocycles. The molecule has 1 aliphatic carbocycles. The topological polar surface area (TPSA) is 72.5 Å². The molecule has 1 aliphatic heterocycles. The standard InChI is InChI=1S/C21H24N4O3/c26-19(23-15-5-6-15)14-25-20(18-4-2-10-28-18)17(13-24-8-11-27-12-9-24)16-3-1-7-22-21(16)25/h1-4,7,10,15H,5-6,8-9,11-14H2,(H,23,26). The van der Waals surface area contributed by atoms with Crippen LogP contribution in [-0.4, -0.2) is 52.7 Å². The van der Waals surface area contributed by atoms with Crippen molar-refractivity contribution in [3.63, 3.8) is 0 Å². The lowest BCUT2D eigenvalue weighted by Gasteiger charge is -2.26. The smallest absolute Gasteiger partial charge is 0.240 e. The van der Waals surface area contributed by atoms with Crippen LogP contribution in [0.1, 0.15) is 18.4 Å². The van der Waals surface area contributed by atoms with Crippen LogP contribution >= 0.6 is 0 Å². The summed E-state index contributed by atoms with van der Waals surface area (Å²) in [6.07, 6.45) is 5.60. The van der Waals surface area contributed by atoms with Gasteiger partial charge in [0, 0.05) is 42.8 Å². The van der Waals surface area contributed by atoms with Gasteiger partial charge in [0.25, 0.3) is 0 Å². The lowest BCUT2D eigenvalue weighted by Crippen LogP contribution is -2.35. The second kappa shape index (κ2) is 7.41. The number of amides is 1. The van der Waals surface area contributed by atoms with Gasteiger partial charge in [0.05, 0.1) is 25.2 Å². The van der Waals surface area contributed by atoms with Crippen LogP contribution in [-0.2, 0) is 22.6 Å². The Morgan fingerprint density at radius 1 is 1.21 bits per heavy atom. The number of nitrogens with zero attached hydrogens (tertiary/aromatic N) is 3. The van der Waals surface area contributed by atoms with E-state index in [2.05, 4.69) is 21.3 Å². The summed E-state index contributed by atoms with van der Waals surface area (Å²) in [6.45, 7) is 4.30. The fourth-order valence-electron chi connectivity index (χ4n) is 3.88. The van der Waals surface area contributed by atoms with E-state index in [1.807, 2.05) is 22.8 Å². The van der Waals surface area contributed by atoms with Crippen molar-refractivity contribution in [3.8, 4) is 11.5 Å². The molecule has 7 nitrogen and oxygen atoms in total. The van der Waals surface area contributed by atoms with E-state index >= 15 is 0 Å². The minimum absolute atomic E-state index is 0.0239. The lowest BCUT2D eigenvalue weighted by molar-refractivity contribution is -0.121.